The molecule has 34 heavy (non-hydrogen) atoms. The number of anilines is 1. The SMILES string of the molecule is Cc1cc(C(=O)CSc2nnc(N3CCOCC3)n2C)c(C)n1CC1COc2ccccc2O1. The molecule has 0 spiro atoms. The van der Waals surface area contributed by atoms with Crippen molar-refractivity contribution in [2.75, 3.05) is 43.6 Å². The minimum absolute atomic E-state index is 0.0754. The Morgan fingerprint density at radius 1 is 1.15 bits per heavy atom. The van der Waals surface area contributed by atoms with Crippen LogP contribution in [0.4, 0.5) is 5.95 Å². The van der Waals surface area contributed by atoms with Crippen LogP contribution in [-0.2, 0) is 18.3 Å². The molecule has 2 aliphatic rings. The molecule has 0 amide bonds. The van der Waals surface area contributed by atoms with E-state index in [-0.39, 0.29) is 11.9 Å². The first-order chi connectivity index (χ1) is 16.5. The standard InChI is InChI=1S/C24H29N5O4S/c1-16-12-19(17(2)29(16)13-18-14-32-21-6-4-5-7-22(21)33-18)20(30)15-34-24-26-25-23(27(24)3)28-8-10-31-11-9-28/h4-7,12,18H,8-11,13-15H2,1-3H3. The first-order valence-electron chi connectivity index (χ1n) is 11.4. The summed E-state index contributed by atoms with van der Waals surface area (Å²) in [7, 11) is 1.94. The van der Waals surface area contributed by atoms with Gasteiger partial charge in [0.1, 0.15) is 6.61 Å². The lowest BCUT2D eigenvalue weighted by Crippen LogP contribution is -2.37. The Morgan fingerprint density at radius 3 is 2.71 bits per heavy atom. The number of carbonyl (C=O) groups is 1. The highest BCUT2D eigenvalue weighted by Crippen LogP contribution is 2.32. The number of morpholine rings is 1. The highest BCUT2D eigenvalue weighted by Gasteiger charge is 2.25. The molecule has 180 valence electrons. The minimum atomic E-state index is -0.116. The fourth-order valence-electron chi connectivity index (χ4n) is 4.40. The fraction of sp³-hybridized carbons (Fsp3) is 0.458. The normalized spacial score (nSPS) is 17.7. The molecule has 1 aromatic carbocycles. The van der Waals surface area contributed by atoms with Crippen molar-refractivity contribution in [1.82, 2.24) is 19.3 Å². The average molecular weight is 484 g/mol. The van der Waals surface area contributed by atoms with E-state index in [2.05, 4.69) is 19.7 Å². The maximum absolute atomic E-state index is 13.1. The predicted molar refractivity (Wildman–Crippen MR) is 129 cm³/mol. The number of para-hydroxylation sites is 2. The number of benzene rings is 1. The molecule has 1 atom stereocenters. The third kappa shape index (κ3) is 4.52. The lowest BCUT2D eigenvalue weighted by molar-refractivity contribution is 0.0777. The van der Waals surface area contributed by atoms with Gasteiger partial charge in [0.05, 0.1) is 25.5 Å². The Bertz CT molecular complexity index is 1180. The quantitative estimate of drug-likeness (QED) is 0.375. The van der Waals surface area contributed by atoms with Gasteiger partial charge in [-0.1, -0.05) is 23.9 Å². The molecule has 3 aromatic rings. The van der Waals surface area contributed by atoms with Crippen molar-refractivity contribution >= 4 is 23.5 Å². The number of nitrogens with zero attached hydrogens (tertiary/aromatic N) is 5. The number of fused-ring (bicyclic) bond motifs is 1. The molecular formula is C24H29N5O4S. The zero-order valence-corrected chi connectivity index (χ0v) is 20.5. The average Bonchev–Trinajstić information content (AvgIpc) is 3.37. The Morgan fingerprint density at radius 2 is 1.91 bits per heavy atom. The Labute approximate surface area is 203 Å². The van der Waals surface area contributed by atoms with Gasteiger partial charge in [0.2, 0.25) is 5.95 Å². The van der Waals surface area contributed by atoms with Crippen molar-refractivity contribution in [2.24, 2.45) is 7.05 Å². The summed E-state index contributed by atoms with van der Waals surface area (Å²) in [6, 6.07) is 9.66. The molecular weight excluding hydrogens is 454 g/mol. The van der Waals surface area contributed by atoms with Gasteiger partial charge in [-0.05, 0) is 32.0 Å². The van der Waals surface area contributed by atoms with Crippen molar-refractivity contribution in [2.45, 2.75) is 31.7 Å². The summed E-state index contributed by atoms with van der Waals surface area (Å²) in [4.78, 5) is 15.3. The summed E-state index contributed by atoms with van der Waals surface area (Å²) in [5.74, 6) is 2.72. The van der Waals surface area contributed by atoms with Crippen LogP contribution in [-0.4, -0.2) is 69.9 Å². The van der Waals surface area contributed by atoms with Crippen molar-refractivity contribution in [3.05, 3.63) is 47.3 Å². The number of aromatic nitrogens is 4. The van der Waals surface area contributed by atoms with Gasteiger partial charge in [0.15, 0.2) is 28.5 Å². The van der Waals surface area contributed by atoms with Crippen LogP contribution < -0.4 is 14.4 Å². The van der Waals surface area contributed by atoms with Crippen molar-refractivity contribution in [1.29, 1.82) is 0 Å². The maximum atomic E-state index is 13.1. The number of hydrogen-bond acceptors (Lipinski definition) is 8. The van der Waals surface area contributed by atoms with Gasteiger partial charge < -0.3 is 23.7 Å². The van der Waals surface area contributed by atoms with Crippen LogP contribution in [0, 0.1) is 13.8 Å². The molecule has 1 saturated heterocycles. The number of Topliss-reactive ketones (excluding diaryl/α,β-unsaturated/α-hetero) is 1. The first-order valence-corrected chi connectivity index (χ1v) is 12.4. The lowest BCUT2D eigenvalue weighted by Gasteiger charge is -2.27. The van der Waals surface area contributed by atoms with E-state index in [0.29, 0.717) is 32.1 Å². The van der Waals surface area contributed by atoms with E-state index >= 15 is 0 Å². The smallest absolute Gasteiger partial charge is 0.227 e. The monoisotopic (exact) mass is 483 g/mol. The molecule has 0 aliphatic carbocycles. The Hall–Kier alpha value is -2.98. The molecule has 9 nitrogen and oxygen atoms in total. The second kappa shape index (κ2) is 9.71. The van der Waals surface area contributed by atoms with Crippen LogP contribution in [0.15, 0.2) is 35.5 Å². The third-order valence-electron chi connectivity index (χ3n) is 6.27. The van der Waals surface area contributed by atoms with Gasteiger partial charge in [-0.2, -0.15) is 0 Å². The van der Waals surface area contributed by atoms with Crippen molar-refractivity contribution < 1.29 is 19.0 Å². The molecule has 0 bridgehead atoms. The van der Waals surface area contributed by atoms with E-state index < -0.39 is 0 Å². The van der Waals surface area contributed by atoms with E-state index in [9.17, 15) is 4.79 Å². The zero-order chi connectivity index (χ0) is 23.7. The van der Waals surface area contributed by atoms with Crippen LogP contribution >= 0.6 is 11.8 Å². The Balaban J connectivity index is 1.23. The van der Waals surface area contributed by atoms with Crippen LogP contribution in [0.1, 0.15) is 21.7 Å². The van der Waals surface area contributed by atoms with Crippen LogP contribution in [0.5, 0.6) is 11.5 Å². The van der Waals surface area contributed by atoms with Crippen molar-refractivity contribution in [3.63, 3.8) is 0 Å². The molecule has 10 heteroatoms. The second-order valence-corrected chi connectivity index (χ2v) is 9.49. The summed E-state index contributed by atoms with van der Waals surface area (Å²) in [6.45, 7) is 8.07. The summed E-state index contributed by atoms with van der Waals surface area (Å²) in [6.07, 6.45) is -0.116. The lowest BCUT2D eigenvalue weighted by atomic mass is 10.2. The van der Waals surface area contributed by atoms with E-state index in [1.807, 2.05) is 55.8 Å². The number of hydrogen-bond donors (Lipinski definition) is 0. The summed E-state index contributed by atoms with van der Waals surface area (Å²) >= 11 is 1.41. The summed E-state index contributed by atoms with van der Waals surface area (Å²) in [5.41, 5.74) is 2.71. The molecule has 0 saturated carbocycles. The molecule has 0 radical (unpaired) electrons. The molecule has 1 unspecified atom stereocenters. The zero-order valence-electron chi connectivity index (χ0n) is 19.7. The van der Waals surface area contributed by atoms with Gasteiger partial charge in [-0.15, -0.1) is 10.2 Å². The largest absolute Gasteiger partial charge is 0.486 e. The summed E-state index contributed by atoms with van der Waals surface area (Å²) in [5, 5.41) is 9.36. The number of thioether (sulfide) groups is 1. The molecule has 2 aliphatic heterocycles. The Kier molecular flexibility index (Phi) is 6.51. The van der Waals surface area contributed by atoms with Gasteiger partial charge in [0.25, 0.3) is 0 Å². The van der Waals surface area contributed by atoms with E-state index in [4.69, 9.17) is 14.2 Å². The van der Waals surface area contributed by atoms with E-state index in [1.54, 1.807) is 0 Å². The molecule has 1 fully saturated rings. The summed E-state index contributed by atoms with van der Waals surface area (Å²) < 4.78 is 21.5. The molecule has 2 aromatic heterocycles. The van der Waals surface area contributed by atoms with E-state index in [1.165, 1.54) is 11.8 Å². The number of ether oxygens (including phenoxy) is 3. The topological polar surface area (TPSA) is 83.6 Å². The number of rotatable bonds is 7. The van der Waals surface area contributed by atoms with Crippen LogP contribution in [0.3, 0.4) is 0 Å². The van der Waals surface area contributed by atoms with E-state index in [0.717, 1.165) is 52.6 Å². The predicted octanol–water partition coefficient (Wildman–Crippen LogP) is 2.89. The van der Waals surface area contributed by atoms with Gasteiger partial charge >= 0.3 is 0 Å². The number of carbonyl (C=O) groups excluding carboxylic acids is 1. The highest BCUT2D eigenvalue weighted by atomic mass is 32.2. The minimum Gasteiger partial charge on any atom is -0.486 e. The third-order valence-corrected chi connectivity index (χ3v) is 7.29. The number of aryl methyl sites for hydroxylation is 1. The second-order valence-electron chi connectivity index (χ2n) is 8.55. The van der Waals surface area contributed by atoms with Crippen LogP contribution in [0.25, 0.3) is 0 Å². The van der Waals surface area contributed by atoms with Gasteiger partial charge in [0, 0.05) is 37.1 Å². The van der Waals surface area contributed by atoms with Gasteiger partial charge in [-0.3, -0.25) is 9.36 Å². The molecule has 5 rings (SSSR count). The fourth-order valence-corrected chi connectivity index (χ4v) is 5.19. The highest BCUT2D eigenvalue weighted by molar-refractivity contribution is 7.99. The van der Waals surface area contributed by atoms with Crippen LogP contribution in [0.2, 0.25) is 0 Å². The molecule has 4 heterocycles. The molecule has 0 N–H and O–H groups in total. The van der Waals surface area contributed by atoms with Crippen molar-refractivity contribution in [3.8, 4) is 11.5 Å². The maximum Gasteiger partial charge on any atom is 0.227 e. The first kappa shape index (κ1) is 22.8. The van der Waals surface area contributed by atoms with Gasteiger partial charge in [-0.25, -0.2) is 0 Å². The number of ketones is 1.